The van der Waals surface area contributed by atoms with Crippen LogP contribution in [0.3, 0.4) is 0 Å². The smallest absolute Gasteiger partial charge is 0.283 e. The molecule has 0 bridgehead atoms. The summed E-state index contributed by atoms with van der Waals surface area (Å²) >= 11 is 15.0. The average molecular weight is 1410 g/mol. The van der Waals surface area contributed by atoms with Gasteiger partial charge in [-0.2, -0.15) is 0 Å². The fourth-order valence-electron chi connectivity index (χ4n) is 13.8. The number of amides is 4. The minimum atomic E-state index is -1.14. The fraction of sp³-hybridized carbons (Fsp3) is 0.329. The first-order valence-corrected chi connectivity index (χ1v) is 33.3. The first-order valence-electron chi connectivity index (χ1n) is 31.7. The lowest BCUT2D eigenvalue weighted by molar-refractivity contribution is -0.134. The number of likely N-dealkylation sites (N-methyl/N-ethyl adjacent to an activating group) is 2. The van der Waals surface area contributed by atoms with Gasteiger partial charge in [-0.25, -0.2) is 32.5 Å². The summed E-state index contributed by atoms with van der Waals surface area (Å²) in [5.41, 5.74) is 10.3. The zero-order valence-electron chi connectivity index (χ0n) is 55.9. The highest BCUT2D eigenvalue weighted by molar-refractivity contribution is 7.22. The minimum absolute atomic E-state index is 0.0128. The number of rotatable bonds is 11. The molecule has 3 N–H and O–H groups in total. The van der Waals surface area contributed by atoms with Crippen molar-refractivity contribution in [3.8, 4) is 39.6 Å². The third-order valence-corrected chi connectivity index (χ3v) is 20.0. The number of carbonyl (C=O) groups excluding carboxylic acids is 4. The van der Waals surface area contributed by atoms with Gasteiger partial charge in [0, 0.05) is 74.0 Å². The Labute approximate surface area is 579 Å². The monoisotopic (exact) mass is 1410 g/mol. The summed E-state index contributed by atoms with van der Waals surface area (Å²) in [5.74, 6) is -6.91. The number of fused-ring (bicyclic) bond motifs is 11. The first kappa shape index (κ1) is 69.1. The number of halogens is 6. The van der Waals surface area contributed by atoms with Crippen LogP contribution in [-0.4, -0.2) is 162 Å². The number of nitrogens with zero attached hydrogens (tertiary/aromatic N) is 14. The Balaban J connectivity index is 0.000000188. The number of thiazole rings is 1. The quantitative estimate of drug-likeness (QED) is 0.0903. The molecular weight excluding hydrogens is 1340 g/mol. The number of phenolic OH excluding ortho intramolecular Hbond substituents is 1. The normalized spacial score (nSPS) is 17.6. The van der Waals surface area contributed by atoms with E-state index in [9.17, 15) is 42.3 Å². The summed E-state index contributed by atoms with van der Waals surface area (Å²) in [4.78, 5) is 118. The second kappa shape index (κ2) is 26.1. The Morgan fingerprint density at radius 3 is 1.69 bits per heavy atom. The van der Waals surface area contributed by atoms with Crippen LogP contribution in [0.15, 0.2) is 101 Å². The topological polar surface area (TPSA) is 246 Å². The van der Waals surface area contributed by atoms with E-state index < -0.39 is 88.0 Å². The summed E-state index contributed by atoms with van der Waals surface area (Å²) < 4.78 is 61.6. The van der Waals surface area contributed by atoms with Gasteiger partial charge in [-0.05, 0) is 113 Å². The third kappa shape index (κ3) is 11.5. The van der Waals surface area contributed by atoms with E-state index in [1.54, 1.807) is 66.4 Å². The van der Waals surface area contributed by atoms with Crippen LogP contribution in [0.2, 0.25) is 10.0 Å². The van der Waals surface area contributed by atoms with Crippen molar-refractivity contribution < 1.29 is 41.8 Å². The zero-order valence-corrected chi connectivity index (χ0v) is 58.2. The molecule has 0 saturated carbocycles. The molecule has 4 unspecified atom stereocenters. The molecule has 2 saturated heterocycles. The van der Waals surface area contributed by atoms with Crippen LogP contribution >= 0.6 is 34.5 Å². The van der Waals surface area contributed by atoms with Gasteiger partial charge < -0.3 is 45.1 Å². The molecule has 4 atom stereocenters. The van der Waals surface area contributed by atoms with E-state index in [0.717, 1.165) is 16.9 Å². The molecule has 4 amide bonds. The fourth-order valence-corrected chi connectivity index (χ4v) is 15.2. The van der Waals surface area contributed by atoms with Crippen LogP contribution in [0.5, 0.6) is 5.75 Å². The molecule has 7 aromatic heterocycles. The lowest BCUT2D eigenvalue weighted by atomic mass is 9.97. The van der Waals surface area contributed by atoms with E-state index in [1.165, 1.54) is 60.0 Å². The molecule has 99 heavy (non-hydrogen) atoms. The van der Waals surface area contributed by atoms with Gasteiger partial charge in [-0.15, -0.1) is 0 Å². The van der Waals surface area contributed by atoms with Gasteiger partial charge in [-0.3, -0.25) is 47.9 Å². The maximum Gasteiger partial charge on any atom is 0.283 e. The molecule has 4 aliphatic rings. The molecule has 0 spiro atoms. The number of anilines is 5. The molecule has 13 rings (SSSR count). The predicted molar refractivity (Wildman–Crippen MR) is 377 cm³/mol. The van der Waals surface area contributed by atoms with Crippen LogP contribution in [-0.2, 0) is 19.2 Å². The Hall–Kier alpha value is -9.83. The molecular formula is C70H69Cl2F4N15O7S. The number of hydrogen-bond donors (Lipinski definition) is 2. The van der Waals surface area contributed by atoms with E-state index >= 15 is 9.18 Å². The number of piperazine rings is 2. The highest BCUT2D eigenvalue weighted by Gasteiger charge is 2.50. The average Bonchev–Trinajstić information content (AvgIpc) is 1.10. The van der Waals surface area contributed by atoms with Gasteiger partial charge >= 0.3 is 0 Å². The number of aryl methyl sites for hydroxylation is 2. The summed E-state index contributed by atoms with van der Waals surface area (Å²) in [7, 11) is 5.18. The summed E-state index contributed by atoms with van der Waals surface area (Å²) in [6.07, 6.45) is 3.33. The van der Waals surface area contributed by atoms with Gasteiger partial charge in [-0.1, -0.05) is 81.5 Å². The molecule has 4 aliphatic heterocycles. The highest BCUT2D eigenvalue weighted by atomic mass is 35.5. The van der Waals surface area contributed by atoms with Crippen molar-refractivity contribution in [2.45, 2.75) is 91.4 Å². The van der Waals surface area contributed by atoms with Gasteiger partial charge in [0.15, 0.2) is 22.4 Å². The lowest BCUT2D eigenvalue weighted by Gasteiger charge is -2.50. The van der Waals surface area contributed by atoms with Crippen molar-refractivity contribution in [3.63, 3.8) is 0 Å². The predicted octanol–water partition coefficient (Wildman–Crippen LogP) is 10.9. The number of pyridine rings is 6. The second-order valence-corrected chi connectivity index (χ2v) is 27.8. The number of aromatic nitrogens is 7. The number of aromatic hydroxyl groups is 1. The van der Waals surface area contributed by atoms with Gasteiger partial charge in [0.25, 0.3) is 34.7 Å². The number of carbonyl (C=O) groups is 4. The SMILES string of the molecule is C=C(F)C(=O)N1CC2C(=O)N(C)c3c(c4cc(Cl)c(-c5ccc(F)c6nc(N)sc56)nc4n(-c4c(C)ccnc4C(C)C)c3=O)N2CC1C.C=C(F)C(=O)N1CC2C(=O)N(CCN(C)C)c3c(c4cc(Cl)c(-c5c(O)cccc5F)nc4n(-c4c(C)ccnc4C(C)C)c3=O)N2CC1C. The Morgan fingerprint density at radius 2 is 1.18 bits per heavy atom. The van der Waals surface area contributed by atoms with E-state index in [-0.39, 0.29) is 105 Å². The van der Waals surface area contributed by atoms with Crippen molar-refractivity contribution in [2.75, 3.05) is 85.7 Å². The standard InChI is InChI=1S/C36H38ClF2N7O4.C34H31ClF2N8O3S/c1-18(2)28-30(19(3)11-12-40-28)46-33-22(15-23(37)29(41-33)27-24(39)9-8-10-26(27)47)31-32(36(46)50)43(14-13-42(6)7)35(49)25-17-44(34(48)21(5)38)20(4)16-45(25)31;1-14(2)23-26(15(3)9-10-39-23)45-30-19(11-20(35)24(40-30)18-7-8-21(37)25-29(18)49-34(38)41-25)27-28(33(45)48)42(6)32(47)22-13-43(31(46)17(5)36)16(4)12-44(22)27/h8-12,15,18,20,25,47H,5,13-14,16-17H2,1-4,6-7H3;7-11,14,16,22H,5,12-13H2,1-4,6H3,(H2,38,41). The van der Waals surface area contributed by atoms with Crippen molar-refractivity contribution >= 4 is 118 Å². The summed E-state index contributed by atoms with van der Waals surface area (Å²) in [6, 6.07) is 10.4. The van der Waals surface area contributed by atoms with Gasteiger partial charge in [0.05, 0.1) is 78.9 Å². The highest BCUT2D eigenvalue weighted by Crippen LogP contribution is 2.48. The van der Waals surface area contributed by atoms with E-state index in [4.69, 9.17) is 38.9 Å². The van der Waals surface area contributed by atoms with Crippen molar-refractivity contribution in [2.24, 2.45) is 0 Å². The van der Waals surface area contributed by atoms with Crippen molar-refractivity contribution in [1.29, 1.82) is 0 Å². The maximum absolute atomic E-state index is 15.3. The molecule has 11 heterocycles. The molecule has 22 nitrogen and oxygen atoms in total. The largest absolute Gasteiger partial charge is 0.507 e. The molecule has 2 aromatic carbocycles. The van der Waals surface area contributed by atoms with E-state index in [2.05, 4.69) is 28.1 Å². The second-order valence-electron chi connectivity index (χ2n) is 26.0. The molecule has 0 radical (unpaired) electrons. The van der Waals surface area contributed by atoms with Crippen molar-refractivity contribution in [1.82, 2.24) is 48.8 Å². The summed E-state index contributed by atoms with van der Waals surface area (Å²) in [6.45, 7) is 21.7. The number of phenols is 1. The van der Waals surface area contributed by atoms with Crippen LogP contribution in [0.25, 0.3) is 66.2 Å². The van der Waals surface area contributed by atoms with E-state index in [1.807, 2.05) is 60.5 Å². The van der Waals surface area contributed by atoms with Gasteiger partial charge in [0.1, 0.15) is 52.0 Å². The third-order valence-electron chi connectivity index (χ3n) is 18.5. The Morgan fingerprint density at radius 1 is 0.687 bits per heavy atom. The maximum atomic E-state index is 15.3. The molecule has 29 heteroatoms. The van der Waals surface area contributed by atoms with Crippen LogP contribution in [0.1, 0.15) is 75.9 Å². The Kier molecular flexibility index (Phi) is 18.2. The zero-order chi connectivity index (χ0) is 71.6. The summed E-state index contributed by atoms with van der Waals surface area (Å²) in [5, 5.41) is 11.9. The first-order chi connectivity index (χ1) is 46.8. The number of hydrogen-bond acceptors (Lipinski definition) is 17. The number of nitrogens with two attached hydrogens (primary N) is 1. The Bertz CT molecular complexity index is 5080. The number of nitrogen functional groups attached to an aromatic ring is 1. The molecule has 514 valence electrons. The molecule has 2 fully saturated rings. The minimum Gasteiger partial charge on any atom is -0.507 e. The molecule has 9 aromatic rings. The van der Waals surface area contributed by atoms with E-state index in [0.29, 0.717) is 67.3 Å². The van der Waals surface area contributed by atoms with Crippen LogP contribution in [0.4, 0.5) is 45.4 Å². The lowest BCUT2D eigenvalue weighted by Crippen LogP contribution is -2.67. The van der Waals surface area contributed by atoms with Crippen LogP contribution in [0, 0.1) is 25.5 Å². The van der Waals surface area contributed by atoms with Gasteiger partial charge in [0.2, 0.25) is 0 Å². The van der Waals surface area contributed by atoms with Crippen LogP contribution < -0.4 is 36.5 Å². The molecule has 0 aliphatic carbocycles. The number of benzene rings is 2. The van der Waals surface area contributed by atoms with Crippen molar-refractivity contribution in [3.05, 3.63) is 157 Å².